The molecule has 0 spiro atoms. The minimum atomic E-state index is -0.331. The number of nitrogens with zero attached hydrogens (tertiary/aromatic N) is 3. The highest BCUT2D eigenvalue weighted by molar-refractivity contribution is 5.91. The van der Waals surface area contributed by atoms with E-state index < -0.39 is 0 Å². The number of piperidine rings is 1. The molecule has 0 unspecified atom stereocenters. The molecule has 0 atom stereocenters. The molecule has 3 rings (SSSR count). The molecule has 2 amide bonds. The summed E-state index contributed by atoms with van der Waals surface area (Å²) in [5.74, 6) is 2.57. The van der Waals surface area contributed by atoms with Crippen molar-refractivity contribution in [3.8, 4) is 11.5 Å². The molecule has 1 fully saturated rings. The van der Waals surface area contributed by atoms with Gasteiger partial charge in [-0.3, -0.25) is 0 Å². The van der Waals surface area contributed by atoms with Crippen molar-refractivity contribution in [1.82, 2.24) is 15.3 Å². The Morgan fingerprint density at radius 1 is 1.10 bits per heavy atom. The van der Waals surface area contributed by atoms with E-state index in [-0.39, 0.29) is 6.03 Å². The van der Waals surface area contributed by atoms with Crippen molar-refractivity contribution in [1.29, 1.82) is 0 Å². The topological polar surface area (TPSA) is 101 Å². The van der Waals surface area contributed by atoms with Gasteiger partial charge in [-0.05, 0) is 38.3 Å². The second-order valence-electron chi connectivity index (χ2n) is 7.09. The third-order valence-electron chi connectivity index (χ3n) is 4.87. The van der Waals surface area contributed by atoms with Crippen LogP contribution in [0, 0.1) is 6.92 Å². The molecular formula is C21H30N6O3. The fourth-order valence-electron chi connectivity index (χ4n) is 3.42. The molecule has 1 saturated heterocycles. The Morgan fingerprint density at radius 2 is 1.90 bits per heavy atom. The van der Waals surface area contributed by atoms with Crippen molar-refractivity contribution >= 4 is 23.5 Å². The average molecular weight is 415 g/mol. The van der Waals surface area contributed by atoms with Crippen LogP contribution in [0.1, 0.15) is 25.0 Å². The minimum absolute atomic E-state index is 0.331. The molecule has 0 saturated carbocycles. The number of rotatable bonds is 8. The summed E-state index contributed by atoms with van der Waals surface area (Å²) >= 11 is 0. The van der Waals surface area contributed by atoms with Crippen molar-refractivity contribution < 1.29 is 14.3 Å². The van der Waals surface area contributed by atoms with Gasteiger partial charge in [0.2, 0.25) is 5.95 Å². The first-order valence-electron chi connectivity index (χ1n) is 10.2. The van der Waals surface area contributed by atoms with Crippen LogP contribution >= 0.6 is 0 Å². The normalized spacial score (nSPS) is 13.5. The van der Waals surface area contributed by atoms with Gasteiger partial charge in [0, 0.05) is 37.9 Å². The number of carbonyl (C=O) groups excluding carboxylic acids is 1. The summed E-state index contributed by atoms with van der Waals surface area (Å²) in [5.41, 5.74) is 1.46. The molecule has 2 heterocycles. The van der Waals surface area contributed by atoms with E-state index in [1.807, 2.05) is 13.0 Å². The van der Waals surface area contributed by atoms with Crippen LogP contribution in [0.3, 0.4) is 0 Å². The Hall–Kier alpha value is -3.23. The maximum Gasteiger partial charge on any atom is 0.319 e. The quantitative estimate of drug-likeness (QED) is 0.571. The second kappa shape index (κ2) is 10.5. The lowest BCUT2D eigenvalue weighted by molar-refractivity contribution is 0.252. The first-order chi connectivity index (χ1) is 14.6. The zero-order chi connectivity index (χ0) is 21.3. The summed E-state index contributed by atoms with van der Waals surface area (Å²) in [6, 6.07) is 6.99. The number of amides is 2. The molecule has 1 aromatic heterocycles. The van der Waals surface area contributed by atoms with Gasteiger partial charge in [-0.2, -0.15) is 4.98 Å². The molecule has 1 aliphatic heterocycles. The number of aryl methyl sites for hydroxylation is 1. The zero-order valence-corrected chi connectivity index (χ0v) is 17.8. The molecule has 0 aliphatic carbocycles. The van der Waals surface area contributed by atoms with Gasteiger partial charge in [-0.15, -0.1) is 0 Å². The van der Waals surface area contributed by atoms with Crippen LogP contribution in [0.5, 0.6) is 11.5 Å². The summed E-state index contributed by atoms with van der Waals surface area (Å²) < 4.78 is 10.6. The Morgan fingerprint density at radius 3 is 2.63 bits per heavy atom. The monoisotopic (exact) mass is 414 g/mol. The van der Waals surface area contributed by atoms with E-state index in [2.05, 4.69) is 30.8 Å². The number of methoxy groups -OCH3 is 2. The Bertz CT molecular complexity index is 855. The third-order valence-corrected chi connectivity index (χ3v) is 4.87. The van der Waals surface area contributed by atoms with Gasteiger partial charge < -0.3 is 30.3 Å². The van der Waals surface area contributed by atoms with Crippen LogP contribution in [0.4, 0.5) is 22.2 Å². The molecule has 2 aromatic rings. The number of carbonyl (C=O) groups is 1. The Kier molecular flexibility index (Phi) is 7.53. The molecule has 1 aromatic carbocycles. The molecular weight excluding hydrogens is 384 g/mol. The van der Waals surface area contributed by atoms with Crippen LogP contribution in [-0.4, -0.2) is 56.4 Å². The minimum Gasteiger partial charge on any atom is -0.493 e. The van der Waals surface area contributed by atoms with Crippen LogP contribution in [0.25, 0.3) is 0 Å². The number of para-hydroxylation sites is 1. The summed E-state index contributed by atoms with van der Waals surface area (Å²) in [4.78, 5) is 23.6. The van der Waals surface area contributed by atoms with E-state index >= 15 is 0 Å². The molecule has 30 heavy (non-hydrogen) atoms. The molecule has 9 heteroatoms. The smallest absolute Gasteiger partial charge is 0.319 e. The van der Waals surface area contributed by atoms with Crippen LogP contribution in [0.2, 0.25) is 0 Å². The number of urea groups is 1. The van der Waals surface area contributed by atoms with E-state index in [1.54, 1.807) is 25.3 Å². The summed E-state index contributed by atoms with van der Waals surface area (Å²) in [6.07, 6.45) is 3.67. The molecule has 1 aliphatic rings. The predicted octanol–water partition coefficient (Wildman–Crippen LogP) is 3.03. The van der Waals surface area contributed by atoms with E-state index in [0.717, 1.165) is 24.6 Å². The van der Waals surface area contributed by atoms with E-state index in [9.17, 15) is 4.79 Å². The Balaban J connectivity index is 1.49. The van der Waals surface area contributed by atoms with Crippen molar-refractivity contribution in [3.63, 3.8) is 0 Å². The highest BCUT2D eigenvalue weighted by Crippen LogP contribution is 2.34. The largest absolute Gasteiger partial charge is 0.493 e. The van der Waals surface area contributed by atoms with Crippen LogP contribution < -0.4 is 30.3 Å². The number of hydrogen-bond donors (Lipinski definition) is 3. The van der Waals surface area contributed by atoms with Crippen LogP contribution in [-0.2, 0) is 0 Å². The van der Waals surface area contributed by atoms with Gasteiger partial charge >= 0.3 is 6.03 Å². The lowest BCUT2D eigenvalue weighted by Crippen LogP contribution is -2.33. The highest BCUT2D eigenvalue weighted by Gasteiger charge is 2.14. The zero-order valence-electron chi connectivity index (χ0n) is 17.8. The van der Waals surface area contributed by atoms with Gasteiger partial charge in [0.05, 0.1) is 19.9 Å². The van der Waals surface area contributed by atoms with Gasteiger partial charge in [0.15, 0.2) is 11.5 Å². The fourth-order valence-corrected chi connectivity index (χ4v) is 3.42. The number of ether oxygens (including phenoxy) is 2. The number of hydrogen-bond acceptors (Lipinski definition) is 7. The van der Waals surface area contributed by atoms with E-state index in [0.29, 0.717) is 36.2 Å². The molecule has 9 nitrogen and oxygen atoms in total. The highest BCUT2D eigenvalue weighted by atomic mass is 16.5. The number of aromatic nitrogens is 2. The lowest BCUT2D eigenvalue weighted by Gasteiger charge is -2.28. The first-order valence-corrected chi connectivity index (χ1v) is 10.2. The number of nitrogens with one attached hydrogen (secondary N) is 3. The van der Waals surface area contributed by atoms with Gasteiger partial charge in [-0.1, -0.05) is 6.07 Å². The lowest BCUT2D eigenvalue weighted by atomic mass is 10.1. The van der Waals surface area contributed by atoms with Gasteiger partial charge in [-0.25, -0.2) is 9.78 Å². The standard InChI is InChI=1S/C21H30N6O3/c1-15-14-18(27-12-5-4-6-13-27)26-20(24-15)22-10-11-23-21(28)25-16-8-7-9-17(29-2)19(16)30-3/h7-9,14H,4-6,10-13H2,1-3H3,(H,22,24,26)(H2,23,25,28). The third kappa shape index (κ3) is 5.65. The number of benzene rings is 1. The molecule has 162 valence electrons. The Labute approximate surface area is 177 Å². The summed E-state index contributed by atoms with van der Waals surface area (Å²) in [5, 5.41) is 8.77. The maximum absolute atomic E-state index is 12.2. The van der Waals surface area contributed by atoms with Crippen molar-refractivity contribution in [3.05, 3.63) is 30.0 Å². The van der Waals surface area contributed by atoms with Gasteiger partial charge in [0.25, 0.3) is 0 Å². The molecule has 0 radical (unpaired) electrons. The predicted molar refractivity (Wildman–Crippen MR) is 118 cm³/mol. The SMILES string of the molecule is COc1cccc(NC(=O)NCCNc2nc(C)cc(N3CCCCC3)n2)c1OC. The first kappa shape index (κ1) is 21.5. The van der Waals surface area contributed by atoms with Gasteiger partial charge in [0.1, 0.15) is 5.82 Å². The summed E-state index contributed by atoms with van der Waals surface area (Å²) in [6.45, 7) is 4.95. The number of anilines is 3. The molecule has 0 bridgehead atoms. The summed E-state index contributed by atoms with van der Waals surface area (Å²) in [7, 11) is 3.09. The maximum atomic E-state index is 12.2. The second-order valence-corrected chi connectivity index (χ2v) is 7.09. The van der Waals surface area contributed by atoms with E-state index in [4.69, 9.17) is 9.47 Å². The van der Waals surface area contributed by atoms with Crippen molar-refractivity contribution in [2.45, 2.75) is 26.2 Å². The van der Waals surface area contributed by atoms with Crippen LogP contribution in [0.15, 0.2) is 24.3 Å². The van der Waals surface area contributed by atoms with Crippen molar-refractivity contribution in [2.75, 3.05) is 55.9 Å². The fraction of sp³-hybridized carbons (Fsp3) is 0.476. The van der Waals surface area contributed by atoms with E-state index in [1.165, 1.54) is 26.4 Å². The molecule has 3 N–H and O–H groups in total. The average Bonchev–Trinajstić information content (AvgIpc) is 2.76. The van der Waals surface area contributed by atoms with Crippen molar-refractivity contribution in [2.24, 2.45) is 0 Å².